The van der Waals surface area contributed by atoms with E-state index in [-0.39, 0.29) is 35.1 Å². The number of sulfone groups is 1. The summed E-state index contributed by atoms with van der Waals surface area (Å²) < 4.78 is 24.2. The zero-order valence-electron chi connectivity index (χ0n) is 15.2. The van der Waals surface area contributed by atoms with Crippen LogP contribution >= 0.6 is 23.4 Å². The summed E-state index contributed by atoms with van der Waals surface area (Å²) in [6.07, 6.45) is 0.203. The Kier molecular flexibility index (Phi) is 5.24. The predicted octanol–water partition coefficient (Wildman–Crippen LogP) is 3.49. The topological polar surface area (TPSA) is 66.8 Å². The summed E-state index contributed by atoms with van der Waals surface area (Å²) in [4.78, 5) is 18.7. The first kappa shape index (κ1) is 19.5. The quantitative estimate of drug-likeness (QED) is 0.739. The molecule has 0 saturated carbocycles. The number of fused-ring (bicyclic) bond motifs is 1. The maximum absolute atomic E-state index is 12.6. The molecule has 2 fully saturated rings. The minimum Gasteiger partial charge on any atom is -0.314 e. The molecule has 0 N–H and O–H groups in total. The fourth-order valence-corrected chi connectivity index (χ4v) is 7.67. The van der Waals surface area contributed by atoms with Gasteiger partial charge in [-0.3, -0.25) is 4.79 Å². The van der Waals surface area contributed by atoms with Crippen LogP contribution in [0.5, 0.6) is 0 Å². The van der Waals surface area contributed by atoms with Crippen LogP contribution < -0.4 is 4.90 Å². The van der Waals surface area contributed by atoms with Gasteiger partial charge in [0.2, 0.25) is 0 Å². The van der Waals surface area contributed by atoms with Gasteiger partial charge in [-0.15, -0.1) is 0 Å². The lowest BCUT2D eigenvalue weighted by atomic mass is 10.1. The fraction of sp³-hybridized carbons (Fsp3) is 0.300. The molecule has 5 nitrogen and oxygen atoms in total. The van der Waals surface area contributed by atoms with Gasteiger partial charge in [-0.1, -0.05) is 65.3 Å². The molecule has 2 aromatic carbocycles. The Morgan fingerprint density at radius 1 is 1.18 bits per heavy atom. The van der Waals surface area contributed by atoms with Gasteiger partial charge < -0.3 is 4.90 Å². The SMILES string of the molecule is Cc1ccc(CC(=O)N=C2S[C@H]3CS(=O)(=O)C[C@H]3N2c2ccccc2Cl)cc1. The molecular formula is C20H19ClN2O3S2. The van der Waals surface area contributed by atoms with E-state index in [0.29, 0.717) is 15.9 Å². The molecule has 0 bridgehead atoms. The Hall–Kier alpha value is -1.83. The molecule has 2 atom stereocenters. The summed E-state index contributed by atoms with van der Waals surface area (Å²) >= 11 is 7.73. The molecule has 0 aromatic heterocycles. The van der Waals surface area contributed by atoms with Gasteiger partial charge in [0, 0.05) is 5.25 Å². The molecule has 2 aliphatic rings. The molecular weight excluding hydrogens is 416 g/mol. The van der Waals surface area contributed by atoms with E-state index in [1.54, 1.807) is 6.07 Å². The first-order valence-electron chi connectivity index (χ1n) is 8.90. The molecule has 0 spiro atoms. The van der Waals surface area contributed by atoms with Crippen LogP contribution in [0.2, 0.25) is 5.02 Å². The number of aliphatic imine (C=N–C) groups is 1. The minimum atomic E-state index is -3.11. The van der Waals surface area contributed by atoms with Gasteiger partial charge >= 0.3 is 0 Å². The van der Waals surface area contributed by atoms with Crippen LogP contribution in [-0.4, -0.2) is 42.3 Å². The normalized spacial score (nSPS) is 24.5. The maximum Gasteiger partial charge on any atom is 0.252 e. The summed E-state index contributed by atoms with van der Waals surface area (Å²) in [5.74, 6) is -0.124. The van der Waals surface area contributed by atoms with Crippen molar-refractivity contribution < 1.29 is 13.2 Å². The monoisotopic (exact) mass is 434 g/mol. The van der Waals surface area contributed by atoms with Crippen molar-refractivity contribution in [3.05, 3.63) is 64.7 Å². The number of anilines is 1. The van der Waals surface area contributed by atoms with E-state index in [1.165, 1.54) is 11.8 Å². The molecule has 28 heavy (non-hydrogen) atoms. The predicted molar refractivity (Wildman–Crippen MR) is 115 cm³/mol. The van der Waals surface area contributed by atoms with Crippen LogP contribution in [0.3, 0.4) is 0 Å². The van der Waals surface area contributed by atoms with Crippen LogP contribution in [0.15, 0.2) is 53.5 Å². The molecule has 8 heteroatoms. The second kappa shape index (κ2) is 7.54. The molecule has 0 radical (unpaired) electrons. The third-order valence-electron chi connectivity index (χ3n) is 4.87. The molecule has 2 aromatic rings. The van der Waals surface area contributed by atoms with Crippen molar-refractivity contribution in [3.8, 4) is 0 Å². The van der Waals surface area contributed by atoms with Crippen molar-refractivity contribution >= 4 is 50.0 Å². The van der Waals surface area contributed by atoms with E-state index in [9.17, 15) is 13.2 Å². The van der Waals surface area contributed by atoms with Crippen LogP contribution in [0, 0.1) is 6.92 Å². The zero-order chi connectivity index (χ0) is 19.9. The molecule has 1 amide bonds. The summed E-state index contributed by atoms with van der Waals surface area (Å²) in [5.41, 5.74) is 2.71. The Morgan fingerprint density at radius 2 is 1.89 bits per heavy atom. The van der Waals surface area contributed by atoms with Gasteiger partial charge in [0.1, 0.15) is 0 Å². The molecule has 146 valence electrons. The largest absolute Gasteiger partial charge is 0.314 e. The summed E-state index contributed by atoms with van der Waals surface area (Å²) in [6, 6.07) is 14.7. The van der Waals surface area contributed by atoms with Gasteiger partial charge in [0.15, 0.2) is 15.0 Å². The second-order valence-electron chi connectivity index (χ2n) is 7.07. The first-order valence-corrected chi connectivity index (χ1v) is 12.0. The van der Waals surface area contributed by atoms with E-state index in [2.05, 4.69) is 4.99 Å². The summed E-state index contributed by atoms with van der Waals surface area (Å²) in [5, 5.41) is 0.883. The number of carbonyl (C=O) groups is 1. The zero-order valence-corrected chi connectivity index (χ0v) is 17.6. The number of rotatable bonds is 3. The fourth-order valence-electron chi connectivity index (χ4n) is 3.52. The van der Waals surface area contributed by atoms with Crippen molar-refractivity contribution in [2.45, 2.75) is 24.6 Å². The molecule has 2 heterocycles. The molecule has 0 unspecified atom stereocenters. The highest BCUT2D eigenvalue weighted by Crippen LogP contribution is 2.42. The number of aryl methyl sites for hydroxylation is 1. The lowest BCUT2D eigenvalue weighted by Gasteiger charge is -2.25. The number of benzene rings is 2. The Morgan fingerprint density at radius 3 is 2.61 bits per heavy atom. The molecule has 2 saturated heterocycles. The number of nitrogens with zero attached hydrogens (tertiary/aromatic N) is 2. The second-order valence-corrected chi connectivity index (χ2v) is 10.8. The van der Waals surface area contributed by atoms with Crippen LogP contribution in [-0.2, 0) is 21.1 Å². The average Bonchev–Trinajstić information content (AvgIpc) is 3.08. The number of amidine groups is 1. The van der Waals surface area contributed by atoms with Gasteiger partial charge in [-0.25, -0.2) is 8.42 Å². The van der Waals surface area contributed by atoms with Gasteiger partial charge in [-0.05, 0) is 24.6 Å². The van der Waals surface area contributed by atoms with Gasteiger partial charge in [0.05, 0.1) is 34.7 Å². The first-order chi connectivity index (χ1) is 13.3. The highest BCUT2D eigenvalue weighted by Gasteiger charge is 2.49. The number of hydrogen-bond donors (Lipinski definition) is 0. The maximum atomic E-state index is 12.6. The Bertz CT molecular complexity index is 1050. The van der Waals surface area contributed by atoms with E-state index < -0.39 is 9.84 Å². The number of thioether (sulfide) groups is 1. The van der Waals surface area contributed by atoms with Gasteiger partial charge in [-0.2, -0.15) is 4.99 Å². The van der Waals surface area contributed by atoms with Crippen LogP contribution in [0.25, 0.3) is 0 Å². The highest BCUT2D eigenvalue weighted by molar-refractivity contribution is 8.16. The smallest absolute Gasteiger partial charge is 0.252 e. The number of carbonyl (C=O) groups excluding carboxylic acids is 1. The summed E-state index contributed by atoms with van der Waals surface area (Å²) in [6.45, 7) is 2.00. The summed E-state index contributed by atoms with van der Waals surface area (Å²) in [7, 11) is -3.11. The van der Waals surface area contributed by atoms with E-state index in [1.807, 2.05) is 54.3 Å². The van der Waals surface area contributed by atoms with Crippen molar-refractivity contribution in [3.63, 3.8) is 0 Å². The van der Waals surface area contributed by atoms with Crippen molar-refractivity contribution in [2.75, 3.05) is 16.4 Å². The van der Waals surface area contributed by atoms with E-state index >= 15 is 0 Å². The molecule has 2 aliphatic heterocycles. The molecule has 0 aliphatic carbocycles. The van der Waals surface area contributed by atoms with Crippen LogP contribution in [0.1, 0.15) is 11.1 Å². The average molecular weight is 435 g/mol. The van der Waals surface area contributed by atoms with Crippen molar-refractivity contribution in [2.24, 2.45) is 4.99 Å². The Balaban J connectivity index is 1.65. The lowest BCUT2D eigenvalue weighted by Crippen LogP contribution is -2.38. The Labute approximate surface area is 173 Å². The van der Waals surface area contributed by atoms with E-state index in [4.69, 9.17) is 11.6 Å². The number of para-hydroxylation sites is 1. The molecule has 4 rings (SSSR count). The number of hydrogen-bond acceptors (Lipinski definition) is 4. The van der Waals surface area contributed by atoms with E-state index in [0.717, 1.165) is 11.1 Å². The van der Waals surface area contributed by atoms with Crippen LogP contribution in [0.4, 0.5) is 5.69 Å². The number of amides is 1. The highest BCUT2D eigenvalue weighted by atomic mass is 35.5. The van der Waals surface area contributed by atoms with Gasteiger partial charge in [0.25, 0.3) is 5.91 Å². The third kappa shape index (κ3) is 3.97. The third-order valence-corrected chi connectivity index (χ3v) is 8.40. The minimum absolute atomic E-state index is 0.0427. The standard InChI is InChI=1S/C20H19ClN2O3S2/c1-13-6-8-14(9-7-13)10-19(24)22-20-23(16-5-3-2-4-15(16)21)17-11-28(25,26)12-18(17)27-20/h2-9,17-18H,10-12H2,1H3/t17-,18+/m1/s1. The number of halogens is 1. The van der Waals surface area contributed by atoms with Crippen molar-refractivity contribution in [1.29, 1.82) is 0 Å². The van der Waals surface area contributed by atoms with Crippen molar-refractivity contribution in [1.82, 2.24) is 0 Å². The lowest BCUT2D eigenvalue weighted by molar-refractivity contribution is -0.117.